The Bertz CT molecular complexity index is 689. The van der Waals surface area contributed by atoms with E-state index in [9.17, 15) is 10.1 Å². The SMILES string of the molecule is Cc1ccc(C(C)Nc2cc(Cl)ccc2Cl)cc1[N+](=O)[O-]. The summed E-state index contributed by atoms with van der Waals surface area (Å²) < 4.78 is 0. The first-order chi connectivity index (χ1) is 9.88. The lowest BCUT2D eigenvalue weighted by atomic mass is 10.0. The minimum absolute atomic E-state index is 0.110. The molecule has 1 N–H and O–H groups in total. The first-order valence-electron chi connectivity index (χ1n) is 6.35. The summed E-state index contributed by atoms with van der Waals surface area (Å²) in [6.07, 6.45) is 0. The molecule has 2 rings (SSSR count). The van der Waals surface area contributed by atoms with Gasteiger partial charge in [0, 0.05) is 22.7 Å². The predicted octanol–water partition coefficient (Wildman–Crippen LogP) is 5.38. The Morgan fingerprint density at radius 2 is 1.90 bits per heavy atom. The Kier molecular flexibility index (Phi) is 4.70. The van der Waals surface area contributed by atoms with E-state index < -0.39 is 0 Å². The lowest BCUT2D eigenvalue weighted by Crippen LogP contribution is -2.07. The van der Waals surface area contributed by atoms with Crippen molar-refractivity contribution in [3.05, 3.63) is 67.7 Å². The van der Waals surface area contributed by atoms with Crippen molar-refractivity contribution >= 4 is 34.6 Å². The second kappa shape index (κ2) is 6.33. The molecule has 6 heteroatoms. The average molecular weight is 325 g/mol. The average Bonchev–Trinajstić information content (AvgIpc) is 2.43. The van der Waals surface area contributed by atoms with Crippen molar-refractivity contribution in [1.82, 2.24) is 0 Å². The third-order valence-electron chi connectivity index (χ3n) is 3.23. The molecule has 0 fully saturated rings. The Hall–Kier alpha value is -1.78. The number of nitrogens with zero attached hydrogens (tertiary/aromatic N) is 1. The zero-order valence-corrected chi connectivity index (χ0v) is 13.1. The van der Waals surface area contributed by atoms with Crippen LogP contribution in [-0.2, 0) is 0 Å². The summed E-state index contributed by atoms with van der Waals surface area (Å²) in [5, 5.41) is 15.3. The normalized spacial score (nSPS) is 12.0. The molecule has 0 radical (unpaired) electrons. The van der Waals surface area contributed by atoms with E-state index in [1.807, 2.05) is 13.0 Å². The summed E-state index contributed by atoms with van der Waals surface area (Å²) in [4.78, 5) is 10.6. The number of nitro groups is 1. The second-order valence-electron chi connectivity index (χ2n) is 4.79. The maximum Gasteiger partial charge on any atom is 0.272 e. The van der Waals surface area contributed by atoms with E-state index in [1.54, 1.807) is 37.3 Å². The lowest BCUT2D eigenvalue weighted by molar-refractivity contribution is -0.385. The standard InChI is InChI=1S/C15H14Cl2N2O2/c1-9-3-4-11(7-15(9)19(20)21)10(2)18-14-8-12(16)5-6-13(14)17/h3-8,10,18H,1-2H3. The molecule has 0 aliphatic carbocycles. The summed E-state index contributed by atoms with van der Waals surface area (Å²) in [5.74, 6) is 0. The zero-order chi connectivity index (χ0) is 15.6. The number of anilines is 1. The number of aryl methyl sites for hydroxylation is 1. The van der Waals surface area contributed by atoms with E-state index in [0.717, 1.165) is 5.56 Å². The third-order valence-corrected chi connectivity index (χ3v) is 3.79. The van der Waals surface area contributed by atoms with Crippen LogP contribution in [0.25, 0.3) is 0 Å². The second-order valence-corrected chi connectivity index (χ2v) is 5.64. The van der Waals surface area contributed by atoms with Gasteiger partial charge < -0.3 is 5.32 Å². The van der Waals surface area contributed by atoms with Crippen LogP contribution in [0.1, 0.15) is 24.1 Å². The molecule has 0 aromatic heterocycles. The highest BCUT2D eigenvalue weighted by Crippen LogP contribution is 2.30. The van der Waals surface area contributed by atoms with Gasteiger partial charge in [-0.25, -0.2) is 0 Å². The highest BCUT2D eigenvalue weighted by molar-refractivity contribution is 6.35. The Morgan fingerprint density at radius 1 is 1.19 bits per heavy atom. The molecule has 110 valence electrons. The minimum Gasteiger partial charge on any atom is -0.377 e. The molecule has 0 saturated heterocycles. The predicted molar refractivity (Wildman–Crippen MR) is 86.3 cm³/mol. The van der Waals surface area contributed by atoms with Crippen molar-refractivity contribution in [2.24, 2.45) is 0 Å². The monoisotopic (exact) mass is 324 g/mol. The molecule has 21 heavy (non-hydrogen) atoms. The minimum atomic E-state index is -0.377. The topological polar surface area (TPSA) is 55.2 Å². The van der Waals surface area contributed by atoms with E-state index >= 15 is 0 Å². The Morgan fingerprint density at radius 3 is 2.57 bits per heavy atom. The van der Waals surface area contributed by atoms with E-state index in [0.29, 0.717) is 21.3 Å². The molecule has 0 heterocycles. The van der Waals surface area contributed by atoms with Crippen LogP contribution in [0.5, 0.6) is 0 Å². The number of benzene rings is 2. The van der Waals surface area contributed by atoms with Crippen molar-refractivity contribution in [2.45, 2.75) is 19.9 Å². The number of hydrogen-bond donors (Lipinski definition) is 1. The van der Waals surface area contributed by atoms with E-state index in [4.69, 9.17) is 23.2 Å². The fraction of sp³-hybridized carbons (Fsp3) is 0.200. The molecule has 0 saturated carbocycles. The molecule has 0 bridgehead atoms. The van der Waals surface area contributed by atoms with Gasteiger partial charge in [0.1, 0.15) is 0 Å². The number of nitro benzene ring substituents is 1. The number of nitrogens with one attached hydrogen (secondary N) is 1. The van der Waals surface area contributed by atoms with E-state index in [2.05, 4.69) is 5.32 Å². The third kappa shape index (κ3) is 3.65. The molecule has 1 atom stereocenters. The van der Waals surface area contributed by atoms with Gasteiger partial charge in [-0.3, -0.25) is 10.1 Å². The quantitative estimate of drug-likeness (QED) is 0.606. The van der Waals surface area contributed by atoms with Crippen molar-refractivity contribution in [3.8, 4) is 0 Å². The lowest BCUT2D eigenvalue weighted by Gasteiger charge is -2.17. The van der Waals surface area contributed by atoms with Gasteiger partial charge in [-0.2, -0.15) is 0 Å². The molecular formula is C15H14Cl2N2O2. The Labute approximate surface area is 132 Å². The van der Waals surface area contributed by atoms with Crippen LogP contribution < -0.4 is 5.32 Å². The number of rotatable bonds is 4. The molecule has 1 unspecified atom stereocenters. The van der Waals surface area contributed by atoms with Crippen LogP contribution in [0.15, 0.2) is 36.4 Å². The summed E-state index contributed by atoms with van der Waals surface area (Å²) in [6, 6.07) is 10.2. The molecule has 2 aromatic rings. The van der Waals surface area contributed by atoms with Crippen molar-refractivity contribution in [1.29, 1.82) is 0 Å². The van der Waals surface area contributed by atoms with Crippen LogP contribution in [0.4, 0.5) is 11.4 Å². The van der Waals surface area contributed by atoms with Gasteiger partial charge in [-0.05, 0) is 37.6 Å². The summed E-state index contributed by atoms with van der Waals surface area (Å²) in [7, 11) is 0. The summed E-state index contributed by atoms with van der Waals surface area (Å²) in [6.45, 7) is 3.62. The van der Waals surface area contributed by atoms with Crippen LogP contribution in [-0.4, -0.2) is 4.92 Å². The number of hydrogen-bond acceptors (Lipinski definition) is 3. The van der Waals surface area contributed by atoms with E-state index in [1.165, 1.54) is 0 Å². The maximum absolute atomic E-state index is 11.0. The van der Waals surface area contributed by atoms with Gasteiger partial charge in [-0.15, -0.1) is 0 Å². The fourth-order valence-electron chi connectivity index (χ4n) is 2.02. The summed E-state index contributed by atoms with van der Waals surface area (Å²) in [5.41, 5.74) is 2.25. The molecule has 0 aliphatic rings. The van der Waals surface area contributed by atoms with Crippen LogP contribution in [0.2, 0.25) is 10.0 Å². The first-order valence-corrected chi connectivity index (χ1v) is 7.10. The van der Waals surface area contributed by atoms with Crippen molar-refractivity contribution < 1.29 is 4.92 Å². The Balaban J connectivity index is 2.28. The molecule has 0 spiro atoms. The van der Waals surface area contributed by atoms with Gasteiger partial charge in [-0.1, -0.05) is 35.3 Å². The highest BCUT2D eigenvalue weighted by Gasteiger charge is 2.15. The van der Waals surface area contributed by atoms with E-state index in [-0.39, 0.29) is 16.7 Å². The first kappa shape index (κ1) is 15.6. The van der Waals surface area contributed by atoms with Gasteiger partial charge in [0.15, 0.2) is 0 Å². The largest absolute Gasteiger partial charge is 0.377 e. The van der Waals surface area contributed by atoms with Gasteiger partial charge in [0.2, 0.25) is 0 Å². The van der Waals surface area contributed by atoms with Crippen molar-refractivity contribution in [3.63, 3.8) is 0 Å². The number of halogens is 2. The summed E-state index contributed by atoms with van der Waals surface area (Å²) >= 11 is 12.1. The van der Waals surface area contributed by atoms with Gasteiger partial charge in [0.25, 0.3) is 5.69 Å². The fourth-order valence-corrected chi connectivity index (χ4v) is 2.36. The molecule has 2 aromatic carbocycles. The van der Waals surface area contributed by atoms with Crippen LogP contribution >= 0.6 is 23.2 Å². The van der Waals surface area contributed by atoms with Crippen LogP contribution in [0.3, 0.4) is 0 Å². The maximum atomic E-state index is 11.0. The van der Waals surface area contributed by atoms with Gasteiger partial charge >= 0.3 is 0 Å². The molecule has 4 nitrogen and oxygen atoms in total. The zero-order valence-electron chi connectivity index (χ0n) is 11.6. The molecular weight excluding hydrogens is 311 g/mol. The molecule has 0 aliphatic heterocycles. The van der Waals surface area contributed by atoms with Gasteiger partial charge in [0.05, 0.1) is 15.6 Å². The molecule has 0 amide bonds. The highest BCUT2D eigenvalue weighted by atomic mass is 35.5. The van der Waals surface area contributed by atoms with Crippen molar-refractivity contribution in [2.75, 3.05) is 5.32 Å². The van der Waals surface area contributed by atoms with Crippen LogP contribution in [0, 0.1) is 17.0 Å². The smallest absolute Gasteiger partial charge is 0.272 e.